The van der Waals surface area contributed by atoms with Crippen molar-refractivity contribution in [3.05, 3.63) is 35.5 Å². The highest BCUT2D eigenvalue weighted by atomic mass is 19.4. The molecule has 0 aliphatic carbocycles. The lowest BCUT2D eigenvalue weighted by atomic mass is 10.1. The van der Waals surface area contributed by atoms with Gasteiger partial charge in [-0.25, -0.2) is 22.5 Å². The second-order valence-corrected chi connectivity index (χ2v) is 3.96. The molecule has 0 amide bonds. The monoisotopic (exact) mass is 313 g/mol. The first kappa shape index (κ1) is 15.3. The van der Waals surface area contributed by atoms with Crippen LogP contribution in [0.1, 0.15) is 24.1 Å². The summed E-state index contributed by atoms with van der Waals surface area (Å²) in [5.74, 6) is -0.728. The Hall–Kier alpha value is -2.06. The topological polar surface area (TPSA) is 22.1 Å². The summed E-state index contributed by atoms with van der Waals surface area (Å²) in [6.07, 6.45) is -11.2. The van der Waals surface area contributed by atoms with Crippen LogP contribution in [-0.4, -0.2) is 11.3 Å². The largest absolute Gasteiger partial charge is 0.573 e. The number of rotatable bonds is 3. The Morgan fingerprint density at radius 1 is 0.952 bits per heavy atom. The van der Waals surface area contributed by atoms with Crippen LogP contribution in [0.15, 0.2) is 24.3 Å². The Labute approximate surface area is 113 Å². The molecule has 2 nitrogen and oxygen atoms in total. The van der Waals surface area contributed by atoms with E-state index in [2.05, 4.69) is 9.72 Å². The molecule has 21 heavy (non-hydrogen) atoms. The van der Waals surface area contributed by atoms with Gasteiger partial charge in [-0.15, -0.1) is 13.2 Å². The minimum atomic E-state index is -4.99. The molecule has 0 atom stereocenters. The van der Waals surface area contributed by atoms with Gasteiger partial charge < -0.3 is 4.74 Å². The quantitative estimate of drug-likeness (QED) is 0.743. The molecule has 0 saturated heterocycles. The molecule has 1 heterocycles. The summed E-state index contributed by atoms with van der Waals surface area (Å²) in [4.78, 5) is 3.38. The van der Waals surface area contributed by atoms with E-state index in [1.54, 1.807) is 0 Å². The predicted molar refractivity (Wildman–Crippen MR) is 58.3 cm³/mol. The van der Waals surface area contributed by atoms with Gasteiger partial charge in [-0.1, -0.05) is 0 Å². The van der Waals surface area contributed by atoms with Gasteiger partial charge >= 0.3 is 6.36 Å². The van der Waals surface area contributed by atoms with E-state index in [0.29, 0.717) is 12.1 Å². The van der Waals surface area contributed by atoms with Crippen molar-refractivity contribution in [3.8, 4) is 5.75 Å². The van der Waals surface area contributed by atoms with Crippen molar-refractivity contribution in [3.63, 3.8) is 0 Å². The van der Waals surface area contributed by atoms with Crippen molar-refractivity contribution in [2.75, 3.05) is 0 Å². The van der Waals surface area contributed by atoms with Gasteiger partial charge in [0.05, 0.1) is 5.52 Å². The fraction of sp³-hybridized carbons (Fsp3) is 0.250. The van der Waals surface area contributed by atoms with Crippen LogP contribution in [-0.2, 0) is 0 Å². The van der Waals surface area contributed by atoms with Crippen LogP contribution >= 0.6 is 0 Å². The highest BCUT2D eigenvalue weighted by molar-refractivity contribution is 5.84. The normalized spacial score (nSPS) is 12.4. The number of benzene rings is 1. The van der Waals surface area contributed by atoms with E-state index in [1.165, 1.54) is 0 Å². The van der Waals surface area contributed by atoms with Crippen molar-refractivity contribution < 1.29 is 35.5 Å². The summed E-state index contributed by atoms with van der Waals surface area (Å²) in [5.41, 5.74) is -2.10. The van der Waals surface area contributed by atoms with Crippen molar-refractivity contribution in [2.24, 2.45) is 0 Å². The third-order valence-electron chi connectivity index (χ3n) is 2.53. The molecular weight excluding hydrogens is 307 g/mol. The number of aromatic nitrogens is 1. The lowest BCUT2D eigenvalue weighted by molar-refractivity contribution is -0.274. The van der Waals surface area contributed by atoms with E-state index in [1.807, 2.05) is 0 Å². The van der Waals surface area contributed by atoms with Crippen molar-refractivity contribution in [1.29, 1.82) is 0 Å². The van der Waals surface area contributed by atoms with Crippen LogP contribution in [0.5, 0.6) is 5.75 Å². The summed E-state index contributed by atoms with van der Waals surface area (Å²) in [6.45, 7) is 0. The molecule has 2 aromatic rings. The first-order valence-electron chi connectivity index (χ1n) is 5.44. The summed E-state index contributed by atoms with van der Waals surface area (Å²) in [7, 11) is 0. The number of pyridine rings is 1. The number of nitrogens with zero attached hydrogens (tertiary/aromatic N) is 1. The van der Waals surface area contributed by atoms with Crippen LogP contribution in [0.3, 0.4) is 0 Å². The molecule has 9 heteroatoms. The lowest BCUT2D eigenvalue weighted by Gasteiger charge is -2.12. The third kappa shape index (κ3) is 3.53. The molecule has 0 bridgehead atoms. The third-order valence-corrected chi connectivity index (χ3v) is 2.53. The molecule has 0 saturated carbocycles. The average Bonchev–Trinajstić information content (AvgIpc) is 2.34. The van der Waals surface area contributed by atoms with Gasteiger partial charge in [0.1, 0.15) is 11.4 Å². The maximum Gasteiger partial charge on any atom is 0.573 e. The SMILES string of the molecule is FC(F)c1cc(C(F)F)c2ccc(OC(F)(F)F)cc2n1. The van der Waals surface area contributed by atoms with Crippen molar-refractivity contribution in [1.82, 2.24) is 4.98 Å². The first-order chi connectivity index (χ1) is 9.67. The summed E-state index contributed by atoms with van der Waals surface area (Å²) >= 11 is 0. The van der Waals surface area contributed by atoms with Crippen molar-refractivity contribution in [2.45, 2.75) is 19.2 Å². The van der Waals surface area contributed by atoms with E-state index in [4.69, 9.17) is 0 Å². The van der Waals surface area contributed by atoms with Gasteiger partial charge in [-0.05, 0) is 18.2 Å². The molecular formula is C12H6F7NO. The Kier molecular flexibility index (Phi) is 3.93. The Bertz CT molecular complexity index is 654. The number of ether oxygens (including phenoxy) is 1. The van der Waals surface area contributed by atoms with Gasteiger partial charge in [0.15, 0.2) is 0 Å². The Morgan fingerprint density at radius 3 is 2.14 bits per heavy atom. The van der Waals surface area contributed by atoms with E-state index >= 15 is 0 Å². The van der Waals surface area contributed by atoms with E-state index in [9.17, 15) is 30.7 Å². The van der Waals surface area contributed by atoms with E-state index in [-0.39, 0.29) is 5.39 Å². The van der Waals surface area contributed by atoms with Crippen LogP contribution in [0, 0.1) is 0 Å². The van der Waals surface area contributed by atoms with Crippen molar-refractivity contribution >= 4 is 10.9 Å². The lowest BCUT2D eigenvalue weighted by Crippen LogP contribution is -2.17. The maximum atomic E-state index is 12.8. The second kappa shape index (κ2) is 5.38. The second-order valence-electron chi connectivity index (χ2n) is 3.96. The van der Waals surface area contributed by atoms with Crippen LogP contribution in [0.4, 0.5) is 30.7 Å². The molecule has 0 N–H and O–H groups in total. The summed E-state index contributed by atoms with van der Waals surface area (Å²) < 4.78 is 90.7. The molecule has 0 spiro atoms. The smallest absolute Gasteiger partial charge is 0.406 e. The molecule has 0 unspecified atom stereocenters. The summed E-state index contributed by atoms with van der Waals surface area (Å²) in [5, 5.41) is -0.219. The fourth-order valence-electron chi connectivity index (χ4n) is 1.75. The molecule has 2 rings (SSSR count). The van der Waals surface area contributed by atoms with Crippen LogP contribution in [0.2, 0.25) is 0 Å². The minimum absolute atomic E-state index is 0.219. The molecule has 1 aromatic heterocycles. The van der Waals surface area contributed by atoms with Crippen LogP contribution < -0.4 is 4.74 Å². The van der Waals surface area contributed by atoms with Gasteiger partial charge in [0, 0.05) is 17.0 Å². The van der Waals surface area contributed by atoms with Gasteiger partial charge in [0.2, 0.25) is 0 Å². The standard InChI is InChI=1S/C12H6F7NO/c13-10(14)7-4-9(11(15)16)20-8-3-5(1-2-6(7)8)21-12(17,18)19/h1-4,10-11H. The number of hydrogen-bond acceptors (Lipinski definition) is 2. The Morgan fingerprint density at radius 2 is 1.62 bits per heavy atom. The zero-order valence-electron chi connectivity index (χ0n) is 9.97. The molecule has 0 aliphatic rings. The highest BCUT2D eigenvalue weighted by Gasteiger charge is 2.31. The molecule has 0 fully saturated rings. The van der Waals surface area contributed by atoms with Crippen LogP contribution in [0.25, 0.3) is 10.9 Å². The molecule has 0 radical (unpaired) electrons. The number of halogens is 7. The van der Waals surface area contributed by atoms with Gasteiger partial charge in [-0.2, -0.15) is 0 Å². The zero-order valence-corrected chi connectivity index (χ0v) is 9.97. The predicted octanol–water partition coefficient (Wildman–Crippen LogP) is 5.01. The molecule has 114 valence electrons. The highest BCUT2D eigenvalue weighted by Crippen LogP contribution is 2.33. The first-order valence-corrected chi connectivity index (χ1v) is 5.44. The minimum Gasteiger partial charge on any atom is -0.406 e. The van der Waals surface area contributed by atoms with E-state index < -0.39 is 41.7 Å². The summed E-state index contributed by atoms with van der Waals surface area (Å²) in [6, 6.07) is 2.94. The number of fused-ring (bicyclic) bond motifs is 1. The maximum absolute atomic E-state index is 12.8. The fourth-order valence-corrected chi connectivity index (χ4v) is 1.75. The van der Waals surface area contributed by atoms with E-state index in [0.717, 1.165) is 12.1 Å². The number of alkyl halides is 7. The van der Waals surface area contributed by atoms with Gasteiger partial charge in [-0.3, -0.25) is 0 Å². The average molecular weight is 313 g/mol. The molecule has 0 aliphatic heterocycles. The van der Waals surface area contributed by atoms with Gasteiger partial charge in [0.25, 0.3) is 12.9 Å². The zero-order chi connectivity index (χ0) is 15.8. The Balaban J connectivity index is 2.59. The molecule has 1 aromatic carbocycles. The number of hydrogen-bond donors (Lipinski definition) is 0.